The Morgan fingerprint density at radius 3 is 2.53 bits per heavy atom. The first-order valence-corrected chi connectivity index (χ1v) is 5.84. The second-order valence-electron chi connectivity index (χ2n) is 5.66. The molecule has 3 heteroatoms. The molecule has 0 bridgehead atoms. The summed E-state index contributed by atoms with van der Waals surface area (Å²) in [6.45, 7) is 7.65. The number of hydrogen-bond acceptors (Lipinski definition) is 3. The lowest BCUT2D eigenvalue weighted by molar-refractivity contribution is 0.118. The lowest BCUT2D eigenvalue weighted by atomic mass is 9.91. The molecule has 0 aliphatic heterocycles. The molecule has 1 aliphatic rings. The maximum absolute atomic E-state index is 9.19. The van der Waals surface area contributed by atoms with Crippen molar-refractivity contribution in [3.05, 3.63) is 0 Å². The maximum Gasteiger partial charge on any atom is 0.0638 e. The molecule has 15 heavy (non-hydrogen) atoms. The highest BCUT2D eigenvalue weighted by Crippen LogP contribution is 2.40. The third-order valence-corrected chi connectivity index (χ3v) is 3.37. The van der Waals surface area contributed by atoms with E-state index in [2.05, 4.69) is 26.1 Å². The molecule has 2 N–H and O–H groups in total. The Morgan fingerprint density at radius 2 is 2.13 bits per heavy atom. The third kappa shape index (κ3) is 3.74. The predicted octanol–water partition coefficient (Wildman–Crippen LogP) is 1.41. The van der Waals surface area contributed by atoms with Crippen molar-refractivity contribution in [2.75, 3.05) is 20.3 Å². The molecule has 0 amide bonds. The summed E-state index contributed by atoms with van der Waals surface area (Å²) in [7, 11) is 1.67. The van der Waals surface area contributed by atoms with Gasteiger partial charge in [0.05, 0.1) is 19.3 Å². The Bertz CT molecular complexity index is 194. The van der Waals surface area contributed by atoms with Crippen LogP contribution in [-0.2, 0) is 4.74 Å². The summed E-state index contributed by atoms with van der Waals surface area (Å²) in [5, 5.41) is 12.7. The Balaban J connectivity index is 2.44. The van der Waals surface area contributed by atoms with E-state index in [4.69, 9.17) is 4.74 Å². The van der Waals surface area contributed by atoms with Crippen LogP contribution in [0.5, 0.6) is 0 Å². The fraction of sp³-hybridized carbons (Fsp3) is 1.00. The number of hydrogen-bond donors (Lipinski definition) is 2. The van der Waals surface area contributed by atoms with Gasteiger partial charge in [-0.1, -0.05) is 20.8 Å². The predicted molar refractivity (Wildman–Crippen MR) is 61.9 cm³/mol. The van der Waals surface area contributed by atoms with Gasteiger partial charge < -0.3 is 15.2 Å². The van der Waals surface area contributed by atoms with Crippen LogP contribution < -0.4 is 5.32 Å². The fourth-order valence-corrected chi connectivity index (χ4v) is 2.77. The van der Waals surface area contributed by atoms with E-state index in [0.29, 0.717) is 24.0 Å². The number of rotatable bonds is 5. The summed E-state index contributed by atoms with van der Waals surface area (Å²) >= 11 is 0. The number of methoxy groups -OCH3 is 1. The van der Waals surface area contributed by atoms with E-state index >= 15 is 0 Å². The van der Waals surface area contributed by atoms with E-state index in [-0.39, 0.29) is 12.6 Å². The van der Waals surface area contributed by atoms with Gasteiger partial charge in [-0.05, 0) is 24.2 Å². The summed E-state index contributed by atoms with van der Waals surface area (Å²) in [5.74, 6) is 0.686. The van der Waals surface area contributed by atoms with Crippen LogP contribution in [0.15, 0.2) is 0 Å². The van der Waals surface area contributed by atoms with Crippen LogP contribution in [0.25, 0.3) is 0 Å². The average molecular weight is 215 g/mol. The van der Waals surface area contributed by atoms with Crippen molar-refractivity contribution in [2.24, 2.45) is 11.3 Å². The molecule has 0 aromatic carbocycles. The standard InChI is InChI=1S/C12H25NO2/c1-9-5-12(2,3)6-11(9)13-10(7-14)8-15-4/h9-11,13-14H,5-8H2,1-4H3. The molecular weight excluding hydrogens is 190 g/mol. The first kappa shape index (κ1) is 12.9. The van der Waals surface area contributed by atoms with Crippen LogP contribution in [0.4, 0.5) is 0 Å². The Hall–Kier alpha value is -0.120. The molecular formula is C12H25NO2. The molecule has 1 aliphatic carbocycles. The lowest BCUT2D eigenvalue weighted by Crippen LogP contribution is -2.44. The topological polar surface area (TPSA) is 41.5 Å². The first-order chi connectivity index (χ1) is 6.98. The van der Waals surface area contributed by atoms with Gasteiger partial charge >= 0.3 is 0 Å². The van der Waals surface area contributed by atoms with Gasteiger partial charge in [0.1, 0.15) is 0 Å². The van der Waals surface area contributed by atoms with Crippen LogP contribution in [0, 0.1) is 11.3 Å². The average Bonchev–Trinajstić information content (AvgIpc) is 2.39. The van der Waals surface area contributed by atoms with Crippen molar-refractivity contribution in [1.29, 1.82) is 0 Å². The molecule has 0 spiro atoms. The highest BCUT2D eigenvalue weighted by atomic mass is 16.5. The molecule has 1 saturated carbocycles. The van der Waals surface area contributed by atoms with Gasteiger partial charge in [0.15, 0.2) is 0 Å². The van der Waals surface area contributed by atoms with E-state index in [9.17, 15) is 5.11 Å². The largest absolute Gasteiger partial charge is 0.395 e. The fourth-order valence-electron chi connectivity index (χ4n) is 2.77. The summed E-state index contributed by atoms with van der Waals surface area (Å²) in [6, 6.07) is 0.601. The third-order valence-electron chi connectivity index (χ3n) is 3.37. The number of ether oxygens (including phenoxy) is 1. The molecule has 1 rings (SSSR count). The van der Waals surface area contributed by atoms with Crippen molar-refractivity contribution in [3.63, 3.8) is 0 Å². The van der Waals surface area contributed by atoms with E-state index < -0.39 is 0 Å². The van der Waals surface area contributed by atoms with Crippen LogP contribution in [-0.4, -0.2) is 37.5 Å². The van der Waals surface area contributed by atoms with Gasteiger partial charge in [-0.2, -0.15) is 0 Å². The van der Waals surface area contributed by atoms with Gasteiger partial charge in [0.2, 0.25) is 0 Å². The van der Waals surface area contributed by atoms with Gasteiger partial charge in [0, 0.05) is 13.2 Å². The molecule has 0 radical (unpaired) electrons. The van der Waals surface area contributed by atoms with E-state index in [1.807, 2.05) is 0 Å². The molecule has 0 saturated heterocycles. The SMILES string of the molecule is COCC(CO)NC1CC(C)(C)CC1C. The Kier molecular flexibility index (Phi) is 4.56. The van der Waals surface area contributed by atoms with Gasteiger partial charge in [-0.3, -0.25) is 0 Å². The highest BCUT2D eigenvalue weighted by Gasteiger charge is 2.37. The van der Waals surface area contributed by atoms with Crippen LogP contribution >= 0.6 is 0 Å². The van der Waals surface area contributed by atoms with Crippen LogP contribution in [0.1, 0.15) is 33.6 Å². The lowest BCUT2D eigenvalue weighted by Gasteiger charge is -2.24. The molecule has 0 aromatic rings. The number of nitrogens with one attached hydrogen (secondary N) is 1. The van der Waals surface area contributed by atoms with Gasteiger partial charge in [0.25, 0.3) is 0 Å². The van der Waals surface area contributed by atoms with E-state index in [1.54, 1.807) is 7.11 Å². The van der Waals surface area contributed by atoms with Crippen molar-refractivity contribution in [2.45, 2.75) is 45.7 Å². The minimum absolute atomic E-state index is 0.0800. The summed E-state index contributed by atoms with van der Waals surface area (Å²) < 4.78 is 5.07. The zero-order chi connectivity index (χ0) is 11.5. The smallest absolute Gasteiger partial charge is 0.0638 e. The molecule has 0 heterocycles. The minimum atomic E-state index is 0.0800. The highest BCUT2D eigenvalue weighted by molar-refractivity contribution is 4.92. The Labute approximate surface area is 93.2 Å². The van der Waals surface area contributed by atoms with Gasteiger partial charge in [-0.25, -0.2) is 0 Å². The van der Waals surface area contributed by atoms with Gasteiger partial charge in [-0.15, -0.1) is 0 Å². The molecule has 3 atom stereocenters. The second kappa shape index (κ2) is 5.28. The molecule has 1 fully saturated rings. The van der Waals surface area contributed by atoms with Crippen molar-refractivity contribution in [3.8, 4) is 0 Å². The molecule has 90 valence electrons. The van der Waals surface area contributed by atoms with Crippen molar-refractivity contribution >= 4 is 0 Å². The minimum Gasteiger partial charge on any atom is -0.395 e. The normalized spacial score (nSPS) is 31.8. The van der Waals surface area contributed by atoms with E-state index in [1.165, 1.54) is 12.8 Å². The molecule has 0 aromatic heterocycles. The van der Waals surface area contributed by atoms with Crippen molar-refractivity contribution < 1.29 is 9.84 Å². The summed E-state index contributed by atoms with van der Waals surface area (Å²) in [5.41, 5.74) is 0.435. The Morgan fingerprint density at radius 1 is 1.47 bits per heavy atom. The maximum atomic E-state index is 9.19. The molecule has 3 unspecified atom stereocenters. The van der Waals surface area contributed by atoms with Crippen molar-refractivity contribution in [1.82, 2.24) is 5.32 Å². The van der Waals surface area contributed by atoms with Crippen LogP contribution in [0.2, 0.25) is 0 Å². The zero-order valence-electron chi connectivity index (χ0n) is 10.4. The van der Waals surface area contributed by atoms with Crippen LogP contribution in [0.3, 0.4) is 0 Å². The second-order valence-corrected chi connectivity index (χ2v) is 5.66. The first-order valence-electron chi connectivity index (χ1n) is 5.84. The molecule has 3 nitrogen and oxygen atoms in total. The monoisotopic (exact) mass is 215 g/mol. The summed E-state index contributed by atoms with van der Waals surface area (Å²) in [6.07, 6.45) is 2.45. The van der Waals surface area contributed by atoms with E-state index in [0.717, 1.165) is 0 Å². The zero-order valence-corrected chi connectivity index (χ0v) is 10.4. The summed E-state index contributed by atoms with van der Waals surface area (Å²) in [4.78, 5) is 0. The quantitative estimate of drug-likeness (QED) is 0.728. The number of aliphatic hydroxyl groups is 1. The number of aliphatic hydroxyl groups excluding tert-OH is 1.